The van der Waals surface area contributed by atoms with Crippen molar-refractivity contribution in [1.29, 1.82) is 0 Å². The molecule has 1 unspecified atom stereocenters. The summed E-state index contributed by atoms with van der Waals surface area (Å²) in [5.74, 6) is 0. The van der Waals surface area contributed by atoms with E-state index in [1.165, 1.54) is 0 Å². The second kappa shape index (κ2) is 5.46. The van der Waals surface area contributed by atoms with Crippen LogP contribution in [0.25, 0.3) is 0 Å². The Morgan fingerprint density at radius 2 is 1.90 bits per heavy atom. The van der Waals surface area contributed by atoms with Crippen LogP contribution in [0, 0.1) is 0 Å². The molecular formula is C14H11ClN2O3S. The van der Waals surface area contributed by atoms with Gasteiger partial charge in [0.2, 0.25) is 15.3 Å². The van der Waals surface area contributed by atoms with Crippen LogP contribution >= 0.6 is 11.6 Å². The van der Waals surface area contributed by atoms with Crippen molar-refractivity contribution in [3.05, 3.63) is 59.4 Å². The smallest absolute Gasteiger partial charge is 0.237 e. The van der Waals surface area contributed by atoms with Crippen LogP contribution in [0.3, 0.4) is 0 Å². The standard InChI is InChI=1S/C14H11ClN2O3S/c15-13-7-6-10(9-16-13)12-8-14(20-17-12)21(18,19)11-4-2-1-3-5-11/h1-7,9,14H,8H2. The van der Waals surface area contributed by atoms with Crippen LogP contribution < -0.4 is 0 Å². The number of aromatic nitrogens is 1. The van der Waals surface area contributed by atoms with E-state index in [0.717, 1.165) is 0 Å². The van der Waals surface area contributed by atoms with Crippen molar-refractivity contribution in [2.24, 2.45) is 5.16 Å². The average Bonchev–Trinajstić information content (AvgIpc) is 2.99. The van der Waals surface area contributed by atoms with Crippen LogP contribution in [0.15, 0.2) is 58.7 Å². The van der Waals surface area contributed by atoms with Crippen LogP contribution in [0.5, 0.6) is 0 Å². The zero-order valence-electron chi connectivity index (χ0n) is 10.8. The van der Waals surface area contributed by atoms with Crippen molar-refractivity contribution < 1.29 is 13.3 Å². The van der Waals surface area contributed by atoms with Gasteiger partial charge in [-0.1, -0.05) is 35.0 Å². The minimum atomic E-state index is -3.57. The maximum Gasteiger partial charge on any atom is 0.237 e. The largest absolute Gasteiger partial charge is 0.375 e. The zero-order valence-corrected chi connectivity index (χ0v) is 12.4. The molecule has 21 heavy (non-hydrogen) atoms. The summed E-state index contributed by atoms with van der Waals surface area (Å²) < 4.78 is 24.9. The maximum atomic E-state index is 12.4. The number of nitrogens with zero attached hydrogens (tertiary/aromatic N) is 2. The summed E-state index contributed by atoms with van der Waals surface area (Å²) in [4.78, 5) is 9.28. The van der Waals surface area contributed by atoms with Crippen LogP contribution in [0.2, 0.25) is 5.15 Å². The van der Waals surface area contributed by atoms with Crippen LogP contribution in [-0.2, 0) is 14.7 Å². The predicted octanol–water partition coefficient (Wildman–Crippen LogP) is 2.66. The number of pyridine rings is 1. The zero-order chi connectivity index (χ0) is 14.9. The molecule has 0 saturated carbocycles. The third-order valence-electron chi connectivity index (χ3n) is 3.12. The van der Waals surface area contributed by atoms with E-state index in [2.05, 4.69) is 10.1 Å². The molecule has 7 heteroatoms. The number of oxime groups is 1. The Morgan fingerprint density at radius 3 is 2.57 bits per heavy atom. The lowest BCUT2D eigenvalue weighted by molar-refractivity contribution is 0.140. The van der Waals surface area contributed by atoms with Crippen molar-refractivity contribution in [1.82, 2.24) is 4.98 Å². The summed E-state index contributed by atoms with van der Waals surface area (Å²) in [7, 11) is -3.57. The molecule has 1 aliphatic heterocycles. The first-order chi connectivity index (χ1) is 10.1. The van der Waals surface area contributed by atoms with Crippen LogP contribution in [-0.4, -0.2) is 24.5 Å². The Morgan fingerprint density at radius 1 is 1.14 bits per heavy atom. The fourth-order valence-corrected chi connectivity index (χ4v) is 3.49. The lowest BCUT2D eigenvalue weighted by Crippen LogP contribution is -2.21. The molecule has 0 aliphatic carbocycles. The highest BCUT2D eigenvalue weighted by Crippen LogP contribution is 2.25. The van der Waals surface area contributed by atoms with Gasteiger partial charge in [0.25, 0.3) is 0 Å². The van der Waals surface area contributed by atoms with E-state index in [0.29, 0.717) is 16.4 Å². The van der Waals surface area contributed by atoms with Crippen molar-refractivity contribution in [2.45, 2.75) is 16.8 Å². The van der Waals surface area contributed by atoms with Gasteiger partial charge in [-0.2, -0.15) is 0 Å². The SMILES string of the molecule is O=S(=O)(c1ccccc1)C1CC(c2ccc(Cl)nc2)=NO1. The third-order valence-corrected chi connectivity index (χ3v) is 5.22. The molecule has 2 aromatic rings. The van der Waals surface area contributed by atoms with E-state index >= 15 is 0 Å². The fraction of sp³-hybridized carbons (Fsp3) is 0.143. The number of sulfone groups is 1. The normalized spacial score (nSPS) is 18.1. The first-order valence-electron chi connectivity index (χ1n) is 6.21. The van der Waals surface area contributed by atoms with Gasteiger partial charge in [0.15, 0.2) is 0 Å². The van der Waals surface area contributed by atoms with E-state index in [4.69, 9.17) is 16.4 Å². The van der Waals surface area contributed by atoms with E-state index in [1.807, 2.05) is 0 Å². The Balaban J connectivity index is 1.82. The lowest BCUT2D eigenvalue weighted by Gasteiger charge is -2.09. The molecule has 0 spiro atoms. The number of rotatable bonds is 3. The molecule has 0 amide bonds. The lowest BCUT2D eigenvalue weighted by atomic mass is 10.1. The minimum Gasteiger partial charge on any atom is -0.375 e. The first-order valence-corrected chi connectivity index (χ1v) is 8.13. The summed E-state index contributed by atoms with van der Waals surface area (Å²) in [5.41, 5.74) is 0.236. The molecule has 0 bridgehead atoms. The summed E-state index contributed by atoms with van der Waals surface area (Å²) in [6, 6.07) is 11.5. The van der Waals surface area contributed by atoms with Crippen molar-refractivity contribution in [3.8, 4) is 0 Å². The van der Waals surface area contributed by atoms with Gasteiger partial charge in [-0.15, -0.1) is 0 Å². The Bertz CT molecular complexity index is 774. The van der Waals surface area contributed by atoms with E-state index in [1.54, 1.807) is 48.7 Å². The fourth-order valence-electron chi connectivity index (χ4n) is 2.00. The highest BCUT2D eigenvalue weighted by atomic mass is 35.5. The molecule has 0 saturated heterocycles. The number of hydrogen-bond acceptors (Lipinski definition) is 5. The predicted molar refractivity (Wildman–Crippen MR) is 78.9 cm³/mol. The van der Waals surface area contributed by atoms with Gasteiger partial charge < -0.3 is 4.84 Å². The van der Waals surface area contributed by atoms with Gasteiger partial charge in [0, 0.05) is 18.2 Å². The Kier molecular flexibility index (Phi) is 3.65. The van der Waals surface area contributed by atoms with Gasteiger partial charge >= 0.3 is 0 Å². The Hall–Kier alpha value is -1.92. The van der Waals surface area contributed by atoms with Gasteiger partial charge in [-0.25, -0.2) is 13.4 Å². The second-order valence-electron chi connectivity index (χ2n) is 4.50. The topological polar surface area (TPSA) is 68.6 Å². The van der Waals surface area contributed by atoms with E-state index in [9.17, 15) is 8.42 Å². The molecule has 1 aliphatic rings. The first kappa shape index (κ1) is 14.0. The molecule has 5 nitrogen and oxygen atoms in total. The molecular weight excluding hydrogens is 312 g/mol. The number of halogens is 1. The molecule has 0 fully saturated rings. The van der Waals surface area contributed by atoms with Crippen LogP contribution in [0.1, 0.15) is 12.0 Å². The van der Waals surface area contributed by atoms with Crippen LogP contribution in [0.4, 0.5) is 0 Å². The van der Waals surface area contributed by atoms with Gasteiger partial charge in [0.1, 0.15) is 5.15 Å². The minimum absolute atomic E-state index is 0.181. The summed E-state index contributed by atoms with van der Waals surface area (Å²) >= 11 is 5.72. The van der Waals surface area contributed by atoms with Gasteiger partial charge in [0.05, 0.1) is 10.6 Å². The average molecular weight is 323 g/mol. The molecule has 3 rings (SSSR count). The quantitative estimate of drug-likeness (QED) is 0.815. The summed E-state index contributed by atoms with van der Waals surface area (Å²) in [6.45, 7) is 0. The molecule has 1 aromatic carbocycles. The molecule has 108 valence electrons. The maximum absolute atomic E-state index is 12.4. The van der Waals surface area contributed by atoms with Gasteiger partial charge in [-0.05, 0) is 24.3 Å². The molecule has 1 atom stereocenters. The van der Waals surface area contributed by atoms with Crippen molar-refractivity contribution in [2.75, 3.05) is 0 Å². The van der Waals surface area contributed by atoms with Crippen molar-refractivity contribution in [3.63, 3.8) is 0 Å². The highest BCUT2D eigenvalue weighted by molar-refractivity contribution is 7.92. The third kappa shape index (κ3) is 2.77. The highest BCUT2D eigenvalue weighted by Gasteiger charge is 2.35. The molecule has 0 N–H and O–H groups in total. The second-order valence-corrected chi connectivity index (χ2v) is 6.98. The van der Waals surface area contributed by atoms with Crippen molar-refractivity contribution >= 4 is 27.1 Å². The molecule has 0 radical (unpaired) electrons. The van der Waals surface area contributed by atoms with E-state index < -0.39 is 15.3 Å². The Labute approximate surface area is 127 Å². The summed E-state index contributed by atoms with van der Waals surface area (Å²) in [5, 5.41) is 4.23. The monoisotopic (exact) mass is 322 g/mol. The van der Waals surface area contributed by atoms with Gasteiger partial charge in [-0.3, -0.25) is 0 Å². The molecule has 1 aromatic heterocycles. The summed E-state index contributed by atoms with van der Waals surface area (Å²) in [6.07, 6.45) is 1.72. The number of hydrogen-bond donors (Lipinski definition) is 0. The number of benzene rings is 1. The van der Waals surface area contributed by atoms with E-state index in [-0.39, 0.29) is 11.3 Å². The molecule has 2 heterocycles.